The summed E-state index contributed by atoms with van der Waals surface area (Å²) in [5, 5.41) is 0. The van der Waals surface area contributed by atoms with E-state index >= 15 is 0 Å². The first-order valence-corrected chi connectivity index (χ1v) is 25.8. The Labute approximate surface area is 373 Å². The molecule has 0 saturated heterocycles. The van der Waals surface area contributed by atoms with Crippen molar-refractivity contribution in [2.75, 3.05) is 19.8 Å². The molecule has 0 heterocycles. The summed E-state index contributed by atoms with van der Waals surface area (Å²) in [6, 6.07) is 0. The van der Waals surface area contributed by atoms with E-state index in [0.717, 1.165) is 77.0 Å². The summed E-state index contributed by atoms with van der Waals surface area (Å²) in [7, 11) is 0. The zero-order valence-electron chi connectivity index (χ0n) is 40.0. The van der Waals surface area contributed by atoms with Crippen molar-refractivity contribution in [2.24, 2.45) is 0 Å². The molecule has 60 heavy (non-hydrogen) atoms. The van der Waals surface area contributed by atoms with E-state index in [4.69, 9.17) is 14.2 Å². The molecule has 0 N–H and O–H groups in total. The van der Waals surface area contributed by atoms with Crippen LogP contribution in [-0.2, 0) is 23.8 Å². The number of carbonyl (C=O) groups is 2. The molecule has 0 radical (unpaired) electrons. The first kappa shape index (κ1) is 57.6. The first-order chi connectivity index (χ1) is 29.6. The van der Waals surface area contributed by atoms with E-state index in [0.29, 0.717) is 19.4 Å². The predicted molar refractivity (Wildman–Crippen MR) is 261 cm³/mol. The quantitative estimate of drug-likeness (QED) is 0.0347. The largest absolute Gasteiger partial charge is 0.462 e. The molecule has 0 rings (SSSR count). The van der Waals surface area contributed by atoms with E-state index in [1.54, 1.807) is 0 Å². The molecule has 1 unspecified atom stereocenters. The van der Waals surface area contributed by atoms with Crippen LogP contribution < -0.4 is 0 Å². The van der Waals surface area contributed by atoms with Gasteiger partial charge in [-0.25, -0.2) is 0 Å². The van der Waals surface area contributed by atoms with Crippen LogP contribution >= 0.6 is 0 Å². The molecule has 5 nitrogen and oxygen atoms in total. The van der Waals surface area contributed by atoms with Crippen molar-refractivity contribution >= 4 is 11.9 Å². The average molecular weight is 839 g/mol. The summed E-state index contributed by atoms with van der Waals surface area (Å²) in [4.78, 5) is 25.3. The van der Waals surface area contributed by atoms with Crippen LogP contribution in [-0.4, -0.2) is 37.9 Å². The van der Waals surface area contributed by atoms with Crippen molar-refractivity contribution < 1.29 is 23.8 Å². The molecule has 1 atom stereocenters. The summed E-state index contributed by atoms with van der Waals surface area (Å²) in [5.41, 5.74) is 0. The van der Waals surface area contributed by atoms with Crippen LogP contribution in [0.5, 0.6) is 0 Å². The van der Waals surface area contributed by atoms with E-state index in [1.165, 1.54) is 141 Å². The van der Waals surface area contributed by atoms with E-state index in [9.17, 15) is 9.59 Å². The minimum Gasteiger partial charge on any atom is -0.462 e. The third-order valence-corrected chi connectivity index (χ3v) is 11.0. The molecule has 0 saturated carbocycles. The molecule has 0 aromatic rings. The van der Waals surface area contributed by atoms with E-state index < -0.39 is 6.10 Å². The van der Waals surface area contributed by atoms with Crippen LogP contribution in [0, 0.1) is 0 Å². The SMILES string of the molecule is CC/C=C\C/C=C\C/C=C\C/C=C\CCCCCOCC(COC(=O)CCCCCCCCCCC/C=C\CCCCCCCC)OC(=O)CCCCCCCCCCC. The van der Waals surface area contributed by atoms with Gasteiger partial charge in [0.1, 0.15) is 6.61 Å². The lowest BCUT2D eigenvalue weighted by molar-refractivity contribution is -0.163. The molecule has 0 fully saturated rings. The Balaban J connectivity index is 4.21. The highest BCUT2D eigenvalue weighted by molar-refractivity contribution is 5.70. The van der Waals surface area contributed by atoms with Crippen molar-refractivity contribution in [3.63, 3.8) is 0 Å². The van der Waals surface area contributed by atoms with Crippen molar-refractivity contribution in [2.45, 2.75) is 258 Å². The summed E-state index contributed by atoms with van der Waals surface area (Å²) in [5.74, 6) is -0.414. The number of hydrogen-bond acceptors (Lipinski definition) is 5. The standard InChI is InChI=1S/C55H98O5/c1-4-7-10-13-16-19-21-23-25-27-28-29-30-32-34-37-39-42-45-48-54(56)59-52-53(60-55(57)49-46-43-40-36-18-15-12-9-6-3)51-58-50-47-44-41-38-35-33-31-26-24-22-20-17-14-11-8-5-2/h8,11,17,20,23-26,33,35,53H,4-7,9-10,12-16,18-19,21-22,27-32,34,36-52H2,1-3H3/b11-8-,20-17-,25-23-,26-24-,35-33-. The van der Waals surface area contributed by atoms with Crippen LogP contribution in [0.25, 0.3) is 0 Å². The molecule has 348 valence electrons. The van der Waals surface area contributed by atoms with E-state index in [2.05, 4.69) is 81.5 Å². The van der Waals surface area contributed by atoms with Gasteiger partial charge < -0.3 is 14.2 Å². The minimum absolute atomic E-state index is 0.0725. The van der Waals surface area contributed by atoms with Gasteiger partial charge in [0.15, 0.2) is 6.10 Å². The Kier molecular flexibility index (Phi) is 48.9. The Hall–Kier alpha value is -2.40. The number of esters is 2. The number of rotatable bonds is 47. The summed E-state index contributed by atoms with van der Waals surface area (Å²) < 4.78 is 17.3. The summed E-state index contributed by atoms with van der Waals surface area (Å²) in [6.07, 6.45) is 63.8. The number of hydrogen-bond donors (Lipinski definition) is 0. The molecular formula is C55H98O5. The van der Waals surface area contributed by atoms with Crippen LogP contribution in [0.15, 0.2) is 60.8 Å². The lowest BCUT2D eigenvalue weighted by atomic mass is 10.1. The van der Waals surface area contributed by atoms with Gasteiger partial charge in [0.25, 0.3) is 0 Å². The third kappa shape index (κ3) is 48.3. The molecule has 0 aliphatic carbocycles. The molecule has 0 aromatic heterocycles. The second-order valence-corrected chi connectivity index (χ2v) is 17.0. The fourth-order valence-electron chi connectivity index (χ4n) is 7.20. The lowest BCUT2D eigenvalue weighted by Crippen LogP contribution is -2.30. The number of ether oxygens (including phenoxy) is 3. The lowest BCUT2D eigenvalue weighted by Gasteiger charge is -2.18. The molecule has 5 heteroatoms. The van der Waals surface area contributed by atoms with Gasteiger partial charge in [-0.2, -0.15) is 0 Å². The fourth-order valence-corrected chi connectivity index (χ4v) is 7.20. The first-order valence-electron chi connectivity index (χ1n) is 25.8. The van der Waals surface area contributed by atoms with E-state index in [-0.39, 0.29) is 25.2 Å². The van der Waals surface area contributed by atoms with Crippen LogP contribution in [0.2, 0.25) is 0 Å². The number of carbonyl (C=O) groups excluding carboxylic acids is 2. The van der Waals surface area contributed by atoms with Gasteiger partial charge in [-0.1, -0.05) is 216 Å². The Morgan fingerprint density at radius 3 is 1.22 bits per heavy atom. The molecule has 0 aliphatic heterocycles. The van der Waals surface area contributed by atoms with Gasteiger partial charge in [-0.15, -0.1) is 0 Å². The second-order valence-electron chi connectivity index (χ2n) is 17.0. The zero-order valence-corrected chi connectivity index (χ0v) is 40.0. The van der Waals surface area contributed by atoms with Crippen LogP contribution in [0.4, 0.5) is 0 Å². The van der Waals surface area contributed by atoms with Crippen molar-refractivity contribution in [1.82, 2.24) is 0 Å². The van der Waals surface area contributed by atoms with Crippen molar-refractivity contribution in [3.05, 3.63) is 60.8 Å². The molecule has 0 spiro atoms. The van der Waals surface area contributed by atoms with Gasteiger partial charge in [0.2, 0.25) is 0 Å². The molecular weight excluding hydrogens is 741 g/mol. The van der Waals surface area contributed by atoms with Crippen LogP contribution in [0.1, 0.15) is 252 Å². The molecule has 0 bridgehead atoms. The van der Waals surface area contributed by atoms with Gasteiger partial charge in [0.05, 0.1) is 6.61 Å². The fraction of sp³-hybridized carbons (Fsp3) is 0.782. The smallest absolute Gasteiger partial charge is 0.306 e. The highest BCUT2D eigenvalue weighted by atomic mass is 16.6. The summed E-state index contributed by atoms with van der Waals surface area (Å²) >= 11 is 0. The topological polar surface area (TPSA) is 61.8 Å². The Morgan fingerprint density at radius 1 is 0.383 bits per heavy atom. The van der Waals surface area contributed by atoms with Gasteiger partial charge in [-0.05, 0) is 83.5 Å². The number of unbranched alkanes of at least 4 members (excludes halogenated alkanes) is 26. The monoisotopic (exact) mass is 839 g/mol. The summed E-state index contributed by atoms with van der Waals surface area (Å²) in [6.45, 7) is 7.64. The highest BCUT2D eigenvalue weighted by Gasteiger charge is 2.17. The Bertz CT molecular complexity index is 1040. The maximum Gasteiger partial charge on any atom is 0.306 e. The maximum atomic E-state index is 12.7. The second kappa shape index (κ2) is 51.0. The Morgan fingerprint density at radius 2 is 0.750 bits per heavy atom. The third-order valence-electron chi connectivity index (χ3n) is 11.0. The average Bonchev–Trinajstić information content (AvgIpc) is 3.25. The van der Waals surface area contributed by atoms with Crippen molar-refractivity contribution in [3.8, 4) is 0 Å². The van der Waals surface area contributed by atoms with E-state index in [1.807, 2.05) is 0 Å². The maximum absolute atomic E-state index is 12.7. The molecule has 0 aliphatic rings. The van der Waals surface area contributed by atoms with Crippen molar-refractivity contribution in [1.29, 1.82) is 0 Å². The minimum atomic E-state index is -0.550. The highest BCUT2D eigenvalue weighted by Crippen LogP contribution is 2.14. The predicted octanol–water partition coefficient (Wildman–Crippen LogP) is 17.3. The van der Waals surface area contributed by atoms with Gasteiger partial charge in [0, 0.05) is 19.4 Å². The molecule has 0 amide bonds. The van der Waals surface area contributed by atoms with Gasteiger partial charge >= 0.3 is 11.9 Å². The molecule has 0 aromatic carbocycles. The van der Waals surface area contributed by atoms with Gasteiger partial charge in [-0.3, -0.25) is 9.59 Å². The number of allylic oxidation sites excluding steroid dienone is 10. The van der Waals surface area contributed by atoms with Crippen LogP contribution in [0.3, 0.4) is 0 Å². The zero-order chi connectivity index (χ0) is 43.5. The normalized spacial score (nSPS) is 12.7.